The van der Waals surface area contributed by atoms with Gasteiger partial charge in [0.2, 0.25) is 0 Å². The Morgan fingerprint density at radius 1 is 1.12 bits per heavy atom. The molecule has 0 bridgehead atoms. The van der Waals surface area contributed by atoms with Crippen molar-refractivity contribution in [1.82, 2.24) is 5.32 Å². The third kappa shape index (κ3) is 5.15. The predicted molar refractivity (Wildman–Crippen MR) is 95.6 cm³/mol. The van der Waals surface area contributed by atoms with Gasteiger partial charge < -0.3 is 20.7 Å². The molecule has 0 heterocycles. The van der Waals surface area contributed by atoms with Crippen LogP contribution in [0.2, 0.25) is 0 Å². The van der Waals surface area contributed by atoms with Gasteiger partial charge in [0.05, 0.1) is 23.5 Å². The molecule has 6 nitrogen and oxygen atoms in total. The molecule has 0 radical (unpaired) electrons. The highest BCUT2D eigenvalue weighted by Crippen LogP contribution is 2.24. The average Bonchev–Trinajstić information content (AvgIpc) is 2.57. The second-order valence-electron chi connectivity index (χ2n) is 5.94. The standard InChI is InChI=1S/C18H27N3O3/c1-3-19-15-11-10-13(17(22)24-4-2)12-16(15)21-18(23)20-14-8-6-5-7-9-14/h10-12,14,19H,3-9H2,1-2H3,(H2,20,21,23). The number of rotatable bonds is 6. The Hall–Kier alpha value is -2.24. The lowest BCUT2D eigenvalue weighted by Crippen LogP contribution is -2.39. The minimum absolute atomic E-state index is 0.231. The van der Waals surface area contributed by atoms with Gasteiger partial charge in [-0.05, 0) is 44.9 Å². The van der Waals surface area contributed by atoms with E-state index in [-0.39, 0.29) is 12.1 Å². The topological polar surface area (TPSA) is 79.5 Å². The number of carbonyl (C=O) groups is 2. The highest BCUT2D eigenvalue weighted by molar-refractivity contribution is 5.97. The van der Waals surface area contributed by atoms with Gasteiger partial charge in [0, 0.05) is 12.6 Å². The number of urea groups is 1. The minimum Gasteiger partial charge on any atom is -0.462 e. The van der Waals surface area contributed by atoms with Crippen molar-refractivity contribution >= 4 is 23.4 Å². The van der Waals surface area contributed by atoms with E-state index in [9.17, 15) is 9.59 Å². The van der Waals surface area contributed by atoms with E-state index in [1.165, 1.54) is 6.42 Å². The van der Waals surface area contributed by atoms with Crippen molar-refractivity contribution in [3.05, 3.63) is 23.8 Å². The normalized spacial score (nSPS) is 14.8. The van der Waals surface area contributed by atoms with Crippen LogP contribution < -0.4 is 16.0 Å². The van der Waals surface area contributed by atoms with Gasteiger partial charge in [-0.25, -0.2) is 9.59 Å². The van der Waals surface area contributed by atoms with Crippen molar-refractivity contribution in [2.45, 2.75) is 52.0 Å². The fourth-order valence-electron chi connectivity index (χ4n) is 2.92. The summed E-state index contributed by atoms with van der Waals surface area (Å²) in [5.41, 5.74) is 1.78. The number of nitrogens with one attached hydrogen (secondary N) is 3. The Balaban J connectivity index is 2.08. The number of amides is 2. The van der Waals surface area contributed by atoms with Crippen LogP contribution in [0.3, 0.4) is 0 Å². The number of carbonyl (C=O) groups excluding carboxylic acids is 2. The van der Waals surface area contributed by atoms with Crippen molar-refractivity contribution in [3.8, 4) is 0 Å². The zero-order valence-corrected chi connectivity index (χ0v) is 14.5. The molecular weight excluding hydrogens is 306 g/mol. The number of hydrogen-bond acceptors (Lipinski definition) is 4. The Labute approximate surface area is 143 Å². The Morgan fingerprint density at radius 2 is 1.88 bits per heavy atom. The first-order chi connectivity index (χ1) is 11.6. The number of anilines is 2. The lowest BCUT2D eigenvalue weighted by atomic mass is 9.96. The largest absolute Gasteiger partial charge is 0.462 e. The van der Waals surface area contributed by atoms with Crippen LogP contribution >= 0.6 is 0 Å². The van der Waals surface area contributed by atoms with Gasteiger partial charge >= 0.3 is 12.0 Å². The maximum absolute atomic E-state index is 12.3. The Bertz CT molecular complexity index is 569. The van der Waals surface area contributed by atoms with Crippen LogP contribution in [0.4, 0.5) is 16.2 Å². The van der Waals surface area contributed by atoms with Gasteiger partial charge in [0.25, 0.3) is 0 Å². The molecule has 2 amide bonds. The number of hydrogen-bond donors (Lipinski definition) is 3. The summed E-state index contributed by atoms with van der Waals surface area (Å²) in [5, 5.41) is 9.06. The quantitative estimate of drug-likeness (QED) is 0.693. The SMILES string of the molecule is CCNc1ccc(C(=O)OCC)cc1NC(=O)NC1CCCCC1. The molecule has 1 fully saturated rings. The molecule has 1 aliphatic rings. The van der Waals surface area contributed by atoms with E-state index < -0.39 is 5.97 Å². The summed E-state index contributed by atoms with van der Waals surface area (Å²) in [6.45, 7) is 4.78. The molecule has 132 valence electrons. The van der Waals surface area contributed by atoms with E-state index in [2.05, 4.69) is 16.0 Å². The van der Waals surface area contributed by atoms with Crippen molar-refractivity contribution in [3.63, 3.8) is 0 Å². The van der Waals surface area contributed by atoms with Gasteiger partial charge in [-0.1, -0.05) is 19.3 Å². The van der Waals surface area contributed by atoms with E-state index >= 15 is 0 Å². The third-order valence-corrected chi connectivity index (χ3v) is 4.09. The predicted octanol–water partition coefficient (Wildman–Crippen LogP) is 3.75. The zero-order chi connectivity index (χ0) is 17.4. The van der Waals surface area contributed by atoms with Crippen molar-refractivity contribution in [1.29, 1.82) is 0 Å². The molecule has 0 aliphatic heterocycles. The van der Waals surface area contributed by atoms with Gasteiger partial charge in [-0.15, -0.1) is 0 Å². The van der Waals surface area contributed by atoms with E-state index in [4.69, 9.17) is 4.74 Å². The number of benzene rings is 1. The molecule has 0 saturated heterocycles. The summed E-state index contributed by atoms with van der Waals surface area (Å²) >= 11 is 0. The summed E-state index contributed by atoms with van der Waals surface area (Å²) in [5.74, 6) is -0.392. The van der Waals surface area contributed by atoms with Crippen LogP contribution in [-0.4, -0.2) is 31.2 Å². The zero-order valence-electron chi connectivity index (χ0n) is 14.5. The maximum atomic E-state index is 12.3. The van der Waals surface area contributed by atoms with Crippen molar-refractivity contribution in [2.75, 3.05) is 23.8 Å². The summed E-state index contributed by atoms with van der Waals surface area (Å²) < 4.78 is 5.02. The monoisotopic (exact) mass is 333 g/mol. The molecule has 2 rings (SSSR count). The molecule has 6 heteroatoms. The molecule has 0 atom stereocenters. The molecule has 3 N–H and O–H groups in total. The van der Waals surface area contributed by atoms with Crippen LogP contribution in [0.1, 0.15) is 56.3 Å². The third-order valence-electron chi connectivity index (χ3n) is 4.09. The molecule has 0 aromatic heterocycles. The minimum atomic E-state index is -0.392. The Kier molecular flexibility index (Phi) is 6.90. The molecule has 0 spiro atoms. The van der Waals surface area contributed by atoms with Gasteiger partial charge in [-0.2, -0.15) is 0 Å². The summed E-state index contributed by atoms with van der Waals surface area (Å²) in [7, 11) is 0. The number of esters is 1. The van der Waals surface area contributed by atoms with Gasteiger partial charge in [0.1, 0.15) is 0 Å². The lowest BCUT2D eigenvalue weighted by Gasteiger charge is -2.23. The summed E-state index contributed by atoms with van der Waals surface area (Å²) in [4.78, 5) is 24.2. The van der Waals surface area contributed by atoms with Crippen LogP contribution in [0, 0.1) is 0 Å². The highest BCUT2D eigenvalue weighted by Gasteiger charge is 2.17. The van der Waals surface area contributed by atoms with E-state index in [1.54, 1.807) is 25.1 Å². The van der Waals surface area contributed by atoms with Gasteiger partial charge in [0.15, 0.2) is 0 Å². The smallest absolute Gasteiger partial charge is 0.338 e. The lowest BCUT2D eigenvalue weighted by molar-refractivity contribution is 0.0526. The summed E-state index contributed by atoms with van der Waals surface area (Å²) in [6, 6.07) is 5.12. The van der Waals surface area contributed by atoms with E-state index in [0.29, 0.717) is 17.9 Å². The Morgan fingerprint density at radius 3 is 2.54 bits per heavy atom. The highest BCUT2D eigenvalue weighted by atomic mass is 16.5. The van der Waals surface area contributed by atoms with Crippen LogP contribution in [0.15, 0.2) is 18.2 Å². The average molecular weight is 333 g/mol. The second kappa shape index (κ2) is 9.15. The molecule has 1 aromatic rings. The van der Waals surface area contributed by atoms with Crippen LogP contribution in [0.25, 0.3) is 0 Å². The first-order valence-corrected chi connectivity index (χ1v) is 8.76. The van der Waals surface area contributed by atoms with E-state index in [1.807, 2.05) is 6.92 Å². The first kappa shape index (κ1) is 18.1. The van der Waals surface area contributed by atoms with Crippen molar-refractivity contribution < 1.29 is 14.3 Å². The molecule has 1 aromatic carbocycles. The summed E-state index contributed by atoms with van der Waals surface area (Å²) in [6.07, 6.45) is 5.61. The maximum Gasteiger partial charge on any atom is 0.338 e. The van der Waals surface area contributed by atoms with Crippen LogP contribution in [0.5, 0.6) is 0 Å². The second-order valence-corrected chi connectivity index (χ2v) is 5.94. The molecule has 1 saturated carbocycles. The fraction of sp³-hybridized carbons (Fsp3) is 0.556. The van der Waals surface area contributed by atoms with Gasteiger partial charge in [-0.3, -0.25) is 0 Å². The molecule has 24 heavy (non-hydrogen) atoms. The van der Waals surface area contributed by atoms with Crippen molar-refractivity contribution in [2.24, 2.45) is 0 Å². The van der Waals surface area contributed by atoms with Crippen LogP contribution in [-0.2, 0) is 4.74 Å². The molecular formula is C18H27N3O3. The first-order valence-electron chi connectivity index (χ1n) is 8.76. The molecule has 0 unspecified atom stereocenters. The number of ether oxygens (including phenoxy) is 1. The fourth-order valence-corrected chi connectivity index (χ4v) is 2.92. The molecule has 1 aliphatic carbocycles. The van der Waals surface area contributed by atoms with E-state index in [0.717, 1.165) is 37.9 Å².